The average Bonchev–Trinajstić information content (AvgIpc) is 2.56. The van der Waals surface area contributed by atoms with Gasteiger partial charge >= 0.3 is 0 Å². The van der Waals surface area contributed by atoms with Crippen LogP contribution in [0, 0.1) is 5.92 Å². The zero-order valence-electron chi connectivity index (χ0n) is 9.50. The van der Waals surface area contributed by atoms with Crippen molar-refractivity contribution in [3.63, 3.8) is 0 Å². The van der Waals surface area contributed by atoms with Gasteiger partial charge in [-0.25, -0.2) is 0 Å². The van der Waals surface area contributed by atoms with Crippen molar-refractivity contribution in [1.82, 2.24) is 4.90 Å². The topological polar surface area (TPSA) is 23.5 Å². The van der Waals surface area contributed by atoms with Crippen molar-refractivity contribution in [2.75, 3.05) is 13.1 Å². The second kappa shape index (κ2) is 3.82. The molecule has 0 aromatic rings. The quantitative estimate of drug-likeness (QED) is 0.748. The van der Waals surface area contributed by atoms with E-state index in [-0.39, 0.29) is 6.10 Å². The van der Waals surface area contributed by atoms with Crippen LogP contribution in [-0.2, 0) is 0 Å². The van der Waals surface area contributed by atoms with Gasteiger partial charge in [0.2, 0.25) is 0 Å². The minimum Gasteiger partial charge on any atom is -0.392 e. The summed E-state index contributed by atoms with van der Waals surface area (Å²) in [5.74, 6) is 0.796. The molecule has 0 aliphatic carbocycles. The lowest BCUT2D eigenvalue weighted by molar-refractivity contribution is 0.172. The Balaban J connectivity index is 1.98. The van der Waals surface area contributed by atoms with Gasteiger partial charge in [-0.1, -0.05) is 13.8 Å². The molecule has 0 aromatic carbocycles. The lowest BCUT2D eigenvalue weighted by Gasteiger charge is -2.32. The van der Waals surface area contributed by atoms with E-state index in [0.717, 1.165) is 18.9 Å². The highest BCUT2D eigenvalue weighted by Crippen LogP contribution is 2.42. The fraction of sp³-hybridized carbons (Fsp3) is 1.00. The maximum absolute atomic E-state index is 9.72. The molecule has 2 saturated heterocycles. The summed E-state index contributed by atoms with van der Waals surface area (Å²) in [6.45, 7) is 6.73. The van der Waals surface area contributed by atoms with Crippen molar-refractivity contribution in [1.29, 1.82) is 0 Å². The molecule has 2 aliphatic rings. The van der Waals surface area contributed by atoms with Crippen LogP contribution >= 0.6 is 0 Å². The molecule has 82 valence electrons. The van der Waals surface area contributed by atoms with Gasteiger partial charge in [0.1, 0.15) is 0 Å². The van der Waals surface area contributed by atoms with Crippen molar-refractivity contribution in [2.24, 2.45) is 5.92 Å². The normalized spacial score (nSPS) is 38.1. The maximum atomic E-state index is 9.72. The van der Waals surface area contributed by atoms with Crippen LogP contribution < -0.4 is 0 Å². The largest absolute Gasteiger partial charge is 0.392 e. The van der Waals surface area contributed by atoms with E-state index in [1.165, 1.54) is 32.2 Å². The lowest BCUT2D eigenvalue weighted by Crippen LogP contribution is -2.38. The Morgan fingerprint density at radius 2 is 2.29 bits per heavy atom. The molecule has 0 saturated carbocycles. The molecule has 0 amide bonds. The predicted molar refractivity (Wildman–Crippen MR) is 58.2 cm³/mol. The highest BCUT2D eigenvalue weighted by molar-refractivity contribution is 5.03. The van der Waals surface area contributed by atoms with Crippen LogP contribution in [0.15, 0.2) is 0 Å². The van der Waals surface area contributed by atoms with Gasteiger partial charge in [0.25, 0.3) is 0 Å². The average molecular weight is 197 g/mol. The van der Waals surface area contributed by atoms with E-state index in [1.54, 1.807) is 0 Å². The molecule has 0 aromatic heterocycles. The van der Waals surface area contributed by atoms with Gasteiger partial charge in [0, 0.05) is 12.1 Å². The van der Waals surface area contributed by atoms with Gasteiger partial charge in [-0.3, -0.25) is 4.90 Å². The highest BCUT2D eigenvalue weighted by atomic mass is 16.3. The molecule has 2 rings (SSSR count). The Kier molecular flexibility index (Phi) is 2.85. The van der Waals surface area contributed by atoms with Gasteiger partial charge < -0.3 is 5.11 Å². The standard InChI is InChI=1S/C12H23NO/c1-10(2)4-6-12-5-3-7-13(12)9-11(14)8-12/h10-11,14H,3-9H2,1-2H3. The Hall–Kier alpha value is -0.0800. The van der Waals surface area contributed by atoms with Crippen LogP contribution in [0.25, 0.3) is 0 Å². The van der Waals surface area contributed by atoms with E-state index in [0.29, 0.717) is 5.54 Å². The zero-order valence-corrected chi connectivity index (χ0v) is 9.50. The molecule has 2 unspecified atom stereocenters. The van der Waals surface area contributed by atoms with E-state index in [4.69, 9.17) is 0 Å². The van der Waals surface area contributed by atoms with E-state index >= 15 is 0 Å². The van der Waals surface area contributed by atoms with E-state index in [2.05, 4.69) is 18.7 Å². The molecule has 2 heteroatoms. The number of hydrogen-bond acceptors (Lipinski definition) is 2. The van der Waals surface area contributed by atoms with Gasteiger partial charge in [-0.15, -0.1) is 0 Å². The van der Waals surface area contributed by atoms with Gasteiger partial charge in [-0.05, 0) is 44.6 Å². The molecular formula is C12H23NO. The first-order valence-corrected chi connectivity index (χ1v) is 6.05. The minimum atomic E-state index is -0.0533. The summed E-state index contributed by atoms with van der Waals surface area (Å²) in [4.78, 5) is 2.54. The lowest BCUT2D eigenvalue weighted by atomic mass is 9.86. The molecule has 0 radical (unpaired) electrons. The van der Waals surface area contributed by atoms with Crippen LogP contribution in [0.1, 0.15) is 46.0 Å². The number of rotatable bonds is 3. The van der Waals surface area contributed by atoms with Gasteiger partial charge in [0.15, 0.2) is 0 Å². The Labute approximate surface area is 87.3 Å². The molecule has 1 N–H and O–H groups in total. The van der Waals surface area contributed by atoms with Crippen molar-refractivity contribution in [3.8, 4) is 0 Å². The molecule has 2 nitrogen and oxygen atoms in total. The molecule has 0 spiro atoms. The maximum Gasteiger partial charge on any atom is 0.0685 e. The fourth-order valence-corrected chi connectivity index (χ4v) is 3.21. The van der Waals surface area contributed by atoms with Crippen molar-refractivity contribution < 1.29 is 5.11 Å². The van der Waals surface area contributed by atoms with Crippen molar-refractivity contribution >= 4 is 0 Å². The minimum absolute atomic E-state index is 0.0533. The van der Waals surface area contributed by atoms with Crippen LogP contribution in [0.5, 0.6) is 0 Å². The number of aliphatic hydroxyl groups excluding tert-OH is 1. The third-order valence-corrected chi connectivity index (χ3v) is 3.97. The van der Waals surface area contributed by atoms with E-state index in [1.807, 2.05) is 0 Å². The first-order valence-electron chi connectivity index (χ1n) is 6.05. The first-order chi connectivity index (χ1) is 6.62. The van der Waals surface area contributed by atoms with Gasteiger partial charge in [0.05, 0.1) is 6.10 Å². The van der Waals surface area contributed by atoms with E-state index < -0.39 is 0 Å². The highest BCUT2D eigenvalue weighted by Gasteiger charge is 2.47. The summed E-state index contributed by atoms with van der Waals surface area (Å²) in [7, 11) is 0. The number of hydrogen-bond donors (Lipinski definition) is 1. The molecular weight excluding hydrogens is 174 g/mol. The summed E-state index contributed by atoms with van der Waals surface area (Å²) in [5, 5.41) is 9.72. The zero-order chi connectivity index (χ0) is 10.2. The molecule has 0 bridgehead atoms. The SMILES string of the molecule is CC(C)CCC12CCCN1CC(O)C2. The molecule has 14 heavy (non-hydrogen) atoms. The summed E-state index contributed by atoms with van der Waals surface area (Å²) >= 11 is 0. The second-order valence-electron chi connectivity index (χ2n) is 5.56. The summed E-state index contributed by atoms with van der Waals surface area (Å²) < 4.78 is 0. The number of β-amino-alcohol motifs (C(OH)–C–C–N with tert-alkyl or cyclic N) is 1. The Morgan fingerprint density at radius 3 is 3.00 bits per heavy atom. The predicted octanol–water partition coefficient (Wildman–Crippen LogP) is 2.02. The van der Waals surface area contributed by atoms with Crippen LogP contribution in [0.4, 0.5) is 0 Å². The Bertz CT molecular complexity index is 204. The second-order valence-corrected chi connectivity index (χ2v) is 5.56. The van der Waals surface area contributed by atoms with Gasteiger partial charge in [-0.2, -0.15) is 0 Å². The summed E-state index contributed by atoms with van der Waals surface area (Å²) in [6, 6.07) is 0. The Morgan fingerprint density at radius 1 is 1.50 bits per heavy atom. The number of fused-ring (bicyclic) bond motifs is 1. The molecule has 2 aliphatic heterocycles. The summed E-state index contributed by atoms with van der Waals surface area (Å²) in [6.07, 6.45) is 6.23. The van der Waals surface area contributed by atoms with E-state index in [9.17, 15) is 5.11 Å². The first kappa shape index (κ1) is 10.4. The van der Waals surface area contributed by atoms with Crippen LogP contribution in [0.3, 0.4) is 0 Å². The van der Waals surface area contributed by atoms with Crippen molar-refractivity contribution in [2.45, 2.75) is 57.6 Å². The molecule has 2 fully saturated rings. The fourth-order valence-electron chi connectivity index (χ4n) is 3.21. The van der Waals surface area contributed by atoms with Crippen LogP contribution in [-0.4, -0.2) is 34.7 Å². The molecule has 2 heterocycles. The van der Waals surface area contributed by atoms with Crippen molar-refractivity contribution in [3.05, 3.63) is 0 Å². The number of aliphatic hydroxyl groups is 1. The third-order valence-electron chi connectivity index (χ3n) is 3.97. The third kappa shape index (κ3) is 1.82. The molecule has 2 atom stereocenters. The summed E-state index contributed by atoms with van der Waals surface area (Å²) in [5.41, 5.74) is 0.393. The van der Waals surface area contributed by atoms with Crippen LogP contribution in [0.2, 0.25) is 0 Å². The smallest absolute Gasteiger partial charge is 0.0685 e. The number of nitrogens with zero attached hydrogens (tertiary/aromatic N) is 1. The monoisotopic (exact) mass is 197 g/mol.